The second-order valence-corrected chi connectivity index (χ2v) is 6.30. The van der Waals surface area contributed by atoms with E-state index in [1.165, 1.54) is 19.1 Å². The second-order valence-electron chi connectivity index (χ2n) is 5.87. The molecule has 128 valence electrons. The van der Waals surface area contributed by atoms with E-state index in [0.717, 1.165) is 0 Å². The van der Waals surface area contributed by atoms with Gasteiger partial charge in [0, 0.05) is 34.4 Å². The summed E-state index contributed by atoms with van der Waals surface area (Å²) >= 11 is 5.95. The number of aliphatic hydroxyl groups is 1. The quantitative estimate of drug-likeness (QED) is 0.732. The minimum absolute atomic E-state index is 0.262. The molecule has 0 saturated carbocycles. The van der Waals surface area contributed by atoms with Crippen molar-refractivity contribution in [2.45, 2.75) is 18.9 Å². The molecule has 0 aliphatic carbocycles. The molecule has 2 aromatic carbocycles. The lowest BCUT2D eigenvalue weighted by atomic mass is 9.88. The van der Waals surface area contributed by atoms with Crippen LogP contribution < -0.4 is 10.6 Å². The van der Waals surface area contributed by atoms with Crippen molar-refractivity contribution in [3.8, 4) is 0 Å². The molecule has 6 nitrogen and oxygen atoms in total. The van der Waals surface area contributed by atoms with E-state index >= 15 is 0 Å². The average Bonchev–Trinajstić information content (AvgIpc) is 2.78. The first kappa shape index (κ1) is 17.1. The van der Waals surface area contributed by atoms with Crippen molar-refractivity contribution in [3.63, 3.8) is 0 Å². The summed E-state index contributed by atoms with van der Waals surface area (Å²) in [4.78, 5) is 36.0. The summed E-state index contributed by atoms with van der Waals surface area (Å²) in [5.41, 5.74) is -0.540. The number of fused-ring (bicyclic) bond motifs is 1. The Balaban J connectivity index is 1.90. The van der Waals surface area contributed by atoms with Crippen molar-refractivity contribution < 1.29 is 19.5 Å². The zero-order valence-corrected chi connectivity index (χ0v) is 14.1. The van der Waals surface area contributed by atoms with E-state index in [9.17, 15) is 19.5 Å². The fourth-order valence-electron chi connectivity index (χ4n) is 2.80. The normalized spacial score (nSPS) is 18.4. The lowest BCUT2D eigenvalue weighted by Gasteiger charge is -2.20. The molecular weight excluding hydrogens is 344 g/mol. The van der Waals surface area contributed by atoms with Gasteiger partial charge in [-0.1, -0.05) is 23.7 Å². The number of nitrogens with one attached hydrogen (secondary N) is 2. The van der Waals surface area contributed by atoms with Crippen molar-refractivity contribution in [1.29, 1.82) is 0 Å². The van der Waals surface area contributed by atoms with Crippen LogP contribution in [-0.2, 0) is 15.2 Å². The highest BCUT2D eigenvalue weighted by Gasteiger charge is 2.46. The molecule has 2 aromatic rings. The van der Waals surface area contributed by atoms with Crippen LogP contribution in [0.2, 0.25) is 5.02 Å². The Bertz CT molecular complexity index is 896. The number of carbonyl (C=O) groups is 3. The Kier molecular flexibility index (Phi) is 4.32. The van der Waals surface area contributed by atoms with Crippen LogP contribution in [0.3, 0.4) is 0 Å². The standard InChI is InChI=1S/C18H15ClN2O4/c1-10(22)20-13-4-2-3-11(7-13)16(23)9-18(25)14-8-12(19)5-6-15(14)21-17(18)24/h2-8,25H,9H2,1H3,(H,20,22)(H,21,24). The predicted molar refractivity (Wildman–Crippen MR) is 93.7 cm³/mol. The van der Waals surface area contributed by atoms with Gasteiger partial charge in [0.1, 0.15) is 0 Å². The smallest absolute Gasteiger partial charge is 0.261 e. The van der Waals surface area contributed by atoms with Gasteiger partial charge in [-0.15, -0.1) is 0 Å². The van der Waals surface area contributed by atoms with Gasteiger partial charge in [-0.2, -0.15) is 0 Å². The number of benzene rings is 2. The Morgan fingerprint density at radius 3 is 2.72 bits per heavy atom. The number of carbonyl (C=O) groups excluding carboxylic acids is 3. The molecular formula is C18H15ClN2O4. The summed E-state index contributed by atoms with van der Waals surface area (Å²) in [5.74, 6) is -1.37. The third-order valence-corrected chi connectivity index (χ3v) is 4.21. The van der Waals surface area contributed by atoms with E-state index in [2.05, 4.69) is 10.6 Å². The van der Waals surface area contributed by atoms with Gasteiger partial charge in [0.2, 0.25) is 5.91 Å². The molecule has 0 aromatic heterocycles. The van der Waals surface area contributed by atoms with Crippen LogP contribution in [0.1, 0.15) is 29.3 Å². The fourth-order valence-corrected chi connectivity index (χ4v) is 2.97. The number of halogens is 1. The highest BCUT2D eigenvalue weighted by Crippen LogP contribution is 2.40. The van der Waals surface area contributed by atoms with Crippen LogP contribution in [0.25, 0.3) is 0 Å². The van der Waals surface area contributed by atoms with E-state index in [4.69, 9.17) is 11.6 Å². The van der Waals surface area contributed by atoms with Crippen molar-refractivity contribution >= 4 is 40.6 Å². The molecule has 0 spiro atoms. The number of anilines is 2. The molecule has 1 atom stereocenters. The monoisotopic (exact) mass is 358 g/mol. The van der Waals surface area contributed by atoms with Gasteiger partial charge in [0.05, 0.1) is 6.42 Å². The molecule has 0 saturated heterocycles. The fraction of sp³-hybridized carbons (Fsp3) is 0.167. The first-order valence-electron chi connectivity index (χ1n) is 7.54. The Labute approximate surface area is 148 Å². The number of hydrogen-bond donors (Lipinski definition) is 3. The second kappa shape index (κ2) is 6.31. The molecule has 0 bridgehead atoms. The van der Waals surface area contributed by atoms with Crippen molar-refractivity contribution in [1.82, 2.24) is 0 Å². The van der Waals surface area contributed by atoms with Crippen LogP contribution in [0.5, 0.6) is 0 Å². The molecule has 2 amide bonds. The highest BCUT2D eigenvalue weighted by atomic mass is 35.5. The van der Waals surface area contributed by atoms with Gasteiger partial charge in [-0.3, -0.25) is 14.4 Å². The molecule has 25 heavy (non-hydrogen) atoms. The van der Waals surface area contributed by atoms with Crippen molar-refractivity contribution in [3.05, 3.63) is 58.6 Å². The van der Waals surface area contributed by atoms with Crippen LogP contribution in [0, 0.1) is 0 Å². The number of hydrogen-bond acceptors (Lipinski definition) is 4. The number of ketones is 1. The first-order chi connectivity index (χ1) is 11.8. The van der Waals surface area contributed by atoms with Crippen LogP contribution in [0.4, 0.5) is 11.4 Å². The van der Waals surface area contributed by atoms with E-state index in [1.54, 1.807) is 30.3 Å². The minimum atomic E-state index is -1.98. The third kappa shape index (κ3) is 3.26. The van der Waals surface area contributed by atoms with Gasteiger partial charge < -0.3 is 15.7 Å². The molecule has 1 aliphatic rings. The predicted octanol–water partition coefficient (Wildman–Crippen LogP) is 2.71. The summed E-state index contributed by atoms with van der Waals surface area (Å²) < 4.78 is 0. The molecule has 0 radical (unpaired) electrons. The summed E-state index contributed by atoms with van der Waals surface area (Å²) in [6, 6.07) is 10.9. The minimum Gasteiger partial charge on any atom is -0.375 e. The molecule has 3 N–H and O–H groups in total. The summed E-state index contributed by atoms with van der Waals surface area (Å²) in [6.45, 7) is 1.36. The molecule has 1 aliphatic heterocycles. The van der Waals surface area contributed by atoms with Gasteiger partial charge in [0.25, 0.3) is 5.91 Å². The highest BCUT2D eigenvalue weighted by molar-refractivity contribution is 6.31. The Hall–Kier alpha value is -2.70. The van der Waals surface area contributed by atoms with Gasteiger partial charge in [-0.25, -0.2) is 0 Å². The van der Waals surface area contributed by atoms with Crippen LogP contribution >= 0.6 is 11.6 Å². The van der Waals surface area contributed by atoms with Crippen molar-refractivity contribution in [2.24, 2.45) is 0 Å². The number of Topliss-reactive ketones (excluding diaryl/α,β-unsaturated/α-hetero) is 1. The maximum Gasteiger partial charge on any atom is 0.261 e. The van der Waals surface area contributed by atoms with Crippen LogP contribution in [-0.4, -0.2) is 22.7 Å². The average molecular weight is 359 g/mol. The molecule has 1 heterocycles. The van der Waals surface area contributed by atoms with E-state index in [1.807, 2.05) is 0 Å². The third-order valence-electron chi connectivity index (χ3n) is 3.97. The van der Waals surface area contributed by atoms with Gasteiger partial charge in [0.15, 0.2) is 11.4 Å². The lowest BCUT2D eigenvalue weighted by Crippen LogP contribution is -2.36. The number of rotatable bonds is 4. The van der Waals surface area contributed by atoms with Crippen LogP contribution in [0.15, 0.2) is 42.5 Å². The van der Waals surface area contributed by atoms with E-state index < -0.39 is 23.7 Å². The van der Waals surface area contributed by atoms with Crippen molar-refractivity contribution in [2.75, 3.05) is 10.6 Å². The van der Waals surface area contributed by atoms with Gasteiger partial charge in [-0.05, 0) is 30.3 Å². The van der Waals surface area contributed by atoms with Gasteiger partial charge >= 0.3 is 0 Å². The summed E-state index contributed by atoms with van der Waals surface area (Å²) in [5, 5.41) is 16.3. The molecule has 1 unspecified atom stereocenters. The number of amides is 2. The Morgan fingerprint density at radius 1 is 1.24 bits per heavy atom. The zero-order valence-electron chi connectivity index (χ0n) is 13.3. The maximum absolute atomic E-state index is 12.6. The molecule has 0 fully saturated rings. The Morgan fingerprint density at radius 2 is 2.00 bits per heavy atom. The first-order valence-corrected chi connectivity index (χ1v) is 7.92. The zero-order chi connectivity index (χ0) is 18.2. The largest absolute Gasteiger partial charge is 0.375 e. The molecule has 3 rings (SSSR count). The summed E-state index contributed by atoms with van der Waals surface area (Å²) in [6.07, 6.45) is -0.435. The van der Waals surface area contributed by atoms with E-state index in [-0.39, 0.29) is 17.0 Å². The topological polar surface area (TPSA) is 95.5 Å². The summed E-state index contributed by atoms with van der Waals surface area (Å²) in [7, 11) is 0. The van der Waals surface area contributed by atoms with E-state index in [0.29, 0.717) is 16.4 Å². The maximum atomic E-state index is 12.6. The SMILES string of the molecule is CC(=O)Nc1cccc(C(=O)CC2(O)C(=O)Nc3ccc(Cl)cc32)c1. The molecule has 7 heteroatoms. The lowest BCUT2D eigenvalue weighted by molar-refractivity contribution is -0.133.